The first-order valence-electron chi connectivity index (χ1n) is 11.4. The van der Waals surface area contributed by atoms with E-state index in [1.807, 2.05) is 12.1 Å². The second kappa shape index (κ2) is 9.09. The summed E-state index contributed by atoms with van der Waals surface area (Å²) in [4.78, 5) is 27.1. The van der Waals surface area contributed by atoms with E-state index in [4.69, 9.17) is 4.98 Å². The van der Waals surface area contributed by atoms with Gasteiger partial charge >= 0.3 is 0 Å². The van der Waals surface area contributed by atoms with Gasteiger partial charge in [0.1, 0.15) is 11.4 Å². The van der Waals surface area contributed by atoms with Gasteiger partial charge in [0.25, 0.3) is 5.91 Å². The minimum atomic E-state index is -0.0651. The van der Waals surface area contributed by atoms with E-state index in [2.05, 4.69) is 69.5 Å². The molecule has 1 aromatic heterocycles. The molecule has 0 spiro atoms. The van der Waals surface area contributed by atoms with Crippen LogP contribution >= 0.6 is 0 Å². The molecule has 1 aliphatic carbocycles. The number of anilines is 1. The molecule has 32 heavy (non-hydrogen) atoms. The monoisotopic (exact) mass is 427 g/mol. The number of nitrogens with zero attached hydrogens (tertiary/aromatic N) is 4. The van der Waals surface area contributed by atoms with Gasteiger partial charge in [0.2, 0.25) is 0 Å². The summed E-state index contributed by atoms with van der Waals surface area (Å²) >= 11 is 0. The average molecular weight is 428 g/mol. The lowest BCUT2D eigenvalue weighted by molar-refractivity contribution is 0.0950. The Kier molecular flexibility index (Phi) is 5.86. The van der Waals surface area contributed by atoms with Gasteiger partial charge in [-0.05, 0) is 25.3 Å². The first kappa shape index (κ1) is 20.6. The number of hydrogen-bond donors (Lipinski definition) is 1. The highest BCUT2D eigenvalue weighted by atomic mass is 16.1. The van der Waals surface area contributed by atoms with Crippen LogP contribution < -0.4 is 10.2 Å². The van der Waals surface area contributed by atoms with E-state index in [0.29, 0.717) is 17.4 Å². The number of benzene rings is 2. The van der Waals surface area contributed by atoms with E-state index in [1.54, 1.807) is 6.20 Å². The third kappa shape index (κ3) is 4.81. The van der Waals surface area contributed by atoms with Crippen LogP contribution in [0.5, 0.6) is 0 Å². The van der Waals surface area contributed by atoms with Crippen LogP contribution in [0.3, 0.4) is 0 Å². The van der Waals surface area contributed by atoms with E-state index in [-0.39, 0.29) is 5.91 Å². The summed E-state index contributed by atoms with van der Waals surface area (Å²) in [5.41, 5.74) is 4.07. The molecule has 0 unspecified atom stereocenters. The molecule has 3 aromatic rings. The summed E-state index contributed by atoms with van der Waals surface area (Å²) in [5, 5.41) is 3.10. The van der Waals surface area contributed by atoms with Crippen LogP contribution in [-0.4, -0.2) is 53.0 Å². The number of hydrogen-bond acceptors (Lipinski definition) is 5. The summed E-state index contributed by atoms with van der Waals surface area (Å²) in [6.45, 7) is 6.55. The maximum atomic E-state index is 12.9. The molecule has 2 fully saturated rings. The van der Waals surface area contributed by atoms with Crippen molar-refractivity contribution in [1.29, 1.82) is 0 Å². The normalized spacial score (nSPS) is 16.7. The summed E-state index contributed by atoms with van der Waals surface area (Å²) in [6.07, 6.45) is 3.81. The first-order valence-corrected chi connectivity index (χ1v) is 11.4. The van der Waals surface area contributed by atoms with Crippen LogP contribution in [0, 0.1) is 6.92 Å². The van der Waals surface area contributed by atoms with Crippen molar-refractivity contribution in [1.82, 2.24) is 20.2 Å². The molecule has 2 heterocycles. The number of carbonyl (C=O) groups excluding carboxylic acids is 1. The van der Waals surface area contributed by atoms with E-state index in [0.717, 1.165) is 56.9 Å². The van der Waals surface area contributed by atoms with E-state index in [1.165, 1.54) is 11.1 Å². The predicted molar refractivity (Wildman–Crippen MR) is 127 cm³/mol. The van der Waals surface area contributed by atoms with E-state index < -0.39 is 0 Å². The number of carbonyl (C=O) groups is 1. The molecule has 1 N–H and O–H groups in total. The van der Waals surface area contributed by atoms with Crippen molar-refractivity contribution in [3.63, 3.8) is 0 Å². The molecule has 2 aliphatic rings. The van der Waals surface area contributed by atoms with Crippen LogP contribution in [0.25, 0.3) is 11.4 Å². The fourth-order valence-electron chi connectivity index (χ4n) is 4.07. The molecule has 1 aliphatic heterocycles. The fraction of sp³-hybridized carbons (Fsp3) is 0.346. The molecule has 1 amide bonds. The standard InChI is InChI=1S/C26H29N5O/c1-19-7-9-21(10-8-19)24-27-17-23(26(32)28-22-11-12-22)25(29-24)31-15-13-30(14-16-31)18-20-5-3-2-4-6-20/h2-10,17,22H,11-16,18H2,1H3,(H,28,32). The molecule has 6 nitrogen and oxygen atoms in total. The fourth-order valence-corrected chi connectivity index (χ4v) is 4.07. The molecule has 1 saturated carbocycles. The van der Waals surface area contributed by atoms with Gasteiger partial charge in [0.15, 0.2) is 5.82 Å². The number of aryl methyl sites for hydroxylation is 1. The minimum Gasteiger partial charge on any atom is -0.353 e. The van der Waals surface area contributed by atoms with Crippen LogP contribution in [0.15, 0.2) is 60.8 Å². The molecule has 0 radical (unpaired) electrons. The Morgan fingerprint density at radius 1 is 1.00 bits per heavy atom. The van der Waals surface area contributed by atoms with E-state index >= 15 is 0 Å². The zero-order valence-electron chi connectivity index (χ0n) is 18.5. The Labute approximate surface area is 189 Å². The summed E-state index contributed by atoms with van der Waals surface area (Å²) in [6, 6.07) is 19.1. The maximum absolute atomic E-state index is 12.9. The molecule has 0 bridgehead atoms. The van der Waals surface area contributed by atoms with Gasteiger partial charge in [0.05, 0.1) is 0 Å². The number of rotatable bonds is 6. The third-order valence-electron chi connectivity index (χ3n) is 6.16. The van der Waals surface area contributed by atoms with Crippen LogP contribution in [0.1, 0.15) is 34.3 Å². The molecule has 0 atom stereocenters. The topological polar surface area (TPSA) is 61.4 Å². The largest absolute Gasteiger partial charge is 0.353 e. The molecule has 5 rings (SSSR count). The summed E-state index contributed by atoms with van der Waals surface area (Å²) in [5.74, 6) is 1.34. The highest BCUT2D eigenvalue weighted by Gasteiger charge is 2.28. The van der Waals surface area contributed by atoms with Gasteiger partial charge in [-0.3, -0.25) is 9.69 Å². The number of piperazine rings is 1. The smallest absolute Gasteiger partial charge is 0.256 e. The second-order valence-electron chi connectivity index (χ2n) is 8.79. The quantitative estimate of drug-likeness (QED) is 0.651. The predicted octanol–water partition coefficient (Wildman–Crippen LogP) is 3.67. The summed E-state index contributed by atoms with van der Waals surface area (Å²) in [7, 11) is 0. The Morgan fingerprint density at radius 2 is 1.72 bits per heavy atom. The SMILES string of the molecule is Cc1ccc(-c2ncc(C(=O)NC3CC3)c(N3CCN(Cc4ccccc4)CC3)n2)cc1. The van der Waals surface area contributed by atoms with Crippen molar-refractivity contribution in [3.8, 4) is 11.4 Å². The zero-order valence-corrected chi connectivity index (χ0v) is 18.5. The van der Waals surface area contributed by atoms with Crippen LogP contribution in [-0.2, 0) is 6.54 Å². The third-order valence-corrected chi connectivity index (χ3v) is 6.16. The highest BCUT2D eigenvalue weighted by molar-refractivity contribution is 5.99. The average Bonchev–Trinajstić information content (AvgIpc) is 3.64. The van der Waals surface area contributed by atoms with Gasteiger partial charge in [0, 0.05) is 50.5 Å². The van der Waals surface area contributed by atoms with Gasteiger partial charge in [-0.2, -0.15) is 0 Å². The molecule has 6 heteroatoms. The van der Waals surface area contributed by atoms with Crippen molar-refractivity contribution in [2.24, 2.45) is 0 Å². The second-order valence-corrected chi connectivity index (χ2v) is 8.79. The molecular weight excluding hydrogens is 398 g/mol. The highest BCUT2D eigenvalue weighted by Crippen LogP contribution is 2.26. The van der Waals surface area contributed by atoms with Gasteiger partial charge in [-0.1, -0.05) is 60.2 Å². The van der Waals surface area contributed by atoms with E-state index in [9.17, 15) is 4.79 Å². The zero-order chi connectivity index (χ0) is 21.9. The molecule has 1 saturated heterocycles. The van der Waals surface area contributed by atoms with Gasteiger partial charge in [-0.25, -0.2) is 9.97 Å². The Hall–Kier alpha value is -3.25. The maximum Gasteiger partial charge on any atom is 0.256 e. The lowest BCUT2D eigenvalue weighted by Crippen LogP contribution is -2.47. The molecule has 2 aromatic carbocycles. The van der Waals surface area contributed by atoms with Crippen molar-refractivity contribution >= 4 is 11.7 Å². The molecule has 164 valence electrons. The number of aromatic nitrogens is 2. The number of amides is 1. The van der Waals surface area contributed by atoms with Crippen LogP contribution in [0.2, 0.25) is 0 Å². The minimum absolute atomic E-state index is 0.0651. The Bertz CT molecular complexity index is 1070. The van der Waals surface area contributed by atoms with Crippen molar-refractivity contribution in [2.75, 3.05) is 31.1 Å². The van der Waals surface area contributed by atoms with Crippen molar-refractivity contribution in [3.05, 3.63) is 77.5 Å². The first-order chi connectivity index (χ1) is 15.7. The lowest BCUT2D eigenvalue weighted by Gasteiger charge is -2.36. The van der Waals surface area contributed by atoms with Gasteiger partial charge in [-0.15, -0.1) is 0 Å². The van der Waals surface area contributed by atoms with Crippen LogP contribution in [0.4, 0.5) is 5.82 Å². The Morgan fingerprint density at radius 3 is 2.41 bits per heavy atom. The number of nitrogens with one attached hydrogen (secondary N) is 1. The van der Waals surface area contributed by atoms with Crippen molar-refractivity contribution in [2.45, 2.75) is 32.4 Å². The Balaban J connectivity index is 1.37. The molecular formula is C26H29N5O. The lowest BCUT2D eigenvalue weighted by atomic mass is 10.1. The van der Waals surface area contributed by atoms with Crippen molar-refractivity contribution < 1.29 is 4.79 Å². The van der Waals surface area contributed by atoms with Gasteiger partial charge < -0.3 is 10.2 Å². The summed E-state index contributed by atoms with van der Waals surface area (Å²) < 4.78 is 0.